The third-order valence-electron chi connectivity index (χ3n) is 2.71. The highest BCUT2D eigenvalue weighted by Gasteiger charge is 2.35. The molecular formula is C13H11F4N3O2. The number of nitrogens with zero attached hydrogens (tertiary/aromatic N) is 2. The number of hydrogen-bond acceptors (Lipinski definition) is 4. The number of ether oxygens (including phenoxy) is 1. The van der Waals surface area contributed by atoms with Gasteiger partial charge in [-0.25, -0.2) is 13.9 Å². The molecule has 0 amide bonds. The summed E-state index contributed by atoms with van der Waals surface area (Å²) in [6.07, 6.45) is -4.69. The largest absolute Gasteiger partial charge is 0.462 e. The smallest absolute Gasteiger partial charge is 0.435 e. The number of anilines is 1. The maximum absolute atomic E-state index is 14.0. The summed E-state index contributed by atoms with van der Waals surface area (Å²) in [6.45, 7) is 1.70. The predicted molar refractivity (Wildman–Crippen MR) is 68.9 cm³/mol. The van der Waals surface area contributed by atoms with Gasteiger partial charge in [0, 0.05) is 6.07 Å². The number of rotatable bonds is 3. The van der Waals surface area contributed by atoms with Crippen LogP contribution in [0.3, 0.4) is 0 Å². The van der Waals surface area contributed by atoms with Crippen LogP contribution in [0.1, 0.15) is 23.0 Å². The zero-order valence-electron chi connectivity index (χ0n) is 11.3. The zero-order chi connectivity index (χ0) is 16.5. The second-order valence-corrected chi connectivity index (χ2v) is 4.25. The van der Waals surface area contributed by atoms with Crippen LogP contribution >= 0.6 is 0 Å². The summed E-state index contributed by atoms with van der Waals surface area (Å²) in [7, 11) is 0. The van der Waals surface area contributed by atoms with Crippen LogP contribution in [0.15, 0.2) is 24.3 Å². The van der Waals surface area contributed by atoms with E-state index in [1.165, 1.54) is 6.07 Å². The Morgan fingerprint density at radius 2 is 2.05 bits per heavy atom. The fraction of sp³-hybridized carbons (Fsp3) is 0.231. The van der Waals surface area contributed by atoms with Crippen LogP contribution in [0.2, 0.25) is 0 Å². The monoisotopic (exact) mass is 317 g/mol. The van der Waals surface area contributed by atoms with E-state index in [0.29, 0.717) is 10.7 Å². The molecule has 5 nitrogen and oxygen atoms in total. The van der Waals surface area contributed by atoms with Gasteiger partial charge in [-0.2, -0.15) is 18.3 Å². The van der Waals surface area contributed by atoms with Gasteiger partial charge in [0.2, 0.25) is 0 Å². The molecule has 118 valence electrons. The molecule has 9 heteroatoms. The number of esters is 1. The molecule has 0 radical (unpaired) electrons. The molecule has 2 rings (SSSR count). The van der Waals surface area contributed by atoms with Gasteiger partial charge in [-0.1, -0.05) is 0 Å². The molecule has 0 atom stereocenters. The van der Waals surface area contributed by atoms with Crippen LogP contribution in [-0.4, -0.2) is 22.4 Å². The highest BCUT2D eigenvalue weighted by Crippen LogP contribution is 2.30. The number of carbonyl (C=O) groups excluding carboxylic acids is 1. The van der Waals surface area contributed by atoms with Crippen molar-refractivity contribution >= 4 is 11.8 Å². The quantitative estimate of drug-likeness (QED) is 0.698. The minimum atomic E-state index is -4.69. The number of aromatic nitrogens is 2. The molecular weight excluding hydrogens is 306 g/mol. The maximum atomic E-state index is 14.0. The third-order valence-corrected chi connectivity index (χ3v) is 2.71. The van der Waals surface area contributed by atoms with Crippen LogP contribution < -0.4 is 5.73 Å². The Morgan fingerprint density at radius 1 is 1.36 bits per heavy atom. The molecule has 0 unspecified atom stereocenters. The van der Waals surface area contributed by atoms with Gasteiger partial charge >= 0.3 is 12.1 Å². The van der Waals surface area contributed by atoms with Crippen molar-refractivity contribution in [3.8, 4) is 5.69 Å². The molecule has 2 aromatic rings. The predicted octanol–water partition coefficient (Wildman–Crippen LogP) is 2.79. The Labute approximate surface area is 122 Å². The highest BCUT2D eigenvalue weighted by molar-refractivity contribution is 5.89. The number of nitrogens with two attached hydrogens (primary N) is 1. The van der Waals surface area contributed by atoms with E-state index in [4.69, 9.17) is 10.5 Å². The second-order valence-electron chi connectivity index (χ2n) is 4.25. The van der Waals surface area contributed by atoms with Crippen molar-refractivity contribution in [2.75, 3.05) is 12.3 Å². The lowest BCUT2D eigenvalue weighted by molar-refractivity contribution is -0.141. The van der Waals surface area contributed by atoms with Gasteiger partial charge in [-0.3, -0.25) is 0 Å². The van der Waals surface area contributed by atoms with E-state index in [-0.39, 0.29) is 23.7 Å². The van der Waals surface area contributed by atoms with Gasteiger partial charge in [0.25, 0.3) is 0 Å². The molecule has 0 saturated carbocycles. The zero-order valence-corrected chi connectivity index (χ0v) is 11.3. The summed E-state index contributed by atoms with van der Waals surface area (Å²) in [6, 6.07) is 3.76. The first-order chi connectivity index (χ1) is 10.2. The molecule has 0 fully saturated rings. The Hall–Kier alpha value is -2.58. The highest BCUT2D eigenvalue weighted by atomic mass is 19.4. The molecule has 1 heterocycles. The van der Waals surface area contributed by atoms with E-state index in [2.05, 4.69) is 5.10 Å². The normalized spacial score (nSPS) is 11.5. The van der Waals surface area contributed by atoms with Crippen LogP contribution in [0.25, 0.3) is 5.69 Å². The van der Waals surface area contributed by atoms with E-state index in [9.17, 15) is 22.4 Å². The second kappa shape index (κ2) is 5.66. The van der Waals surface area contributed by atoms with Crippen LogP contribution in [0.5, 0.6) is 0 Å². The summed E-state index contributed by atoms with van der Waals surface area (Å²) in [5.74, 6) is -2.07. The molecule has 0 aliphatic carbocycles. The summed E-state index contributed by atoms with van der Waals surface area (Å²) in [5, 5.41) is 3.23. The minimum Gasteiger partial charge on any atom is -0.462 e. The molecule has 22 heavy (non-hydrogen) atoms. The Kier molecular flexibility index (Phi) is 4.07. The summed E-state index contributed by atoms with van der Waals surface area (Å²) < 4.78 is 57.0. The molecule has 0 saturated heterocycles. The SMILES string of the molecule is CCOC(=O)c1ccc(-n2nc(C(F)(F)F)cc2N)c(F)c1. The molecule has 0 bridgehead atoms. The van der Waals surface area contributed by atoms with Crippen molar-refractivity contribution in [2.45, 2.75) is 13.1 Å². The number of carbonyl (C=O) groups is 1. The molecule has 1 aromatic carbocycles. The number of benzene rings is 1. The number of nitrogen functional groups attached to an aromatic ring is 1. The first-order valence-electron chi connectivity index (χ1n) is 6.13. The van der Waals surface area contributed by atoms with Crippen LogP contribution in [0.4, 0.5) is 23.4 Å². The Bertz CT molecular complexity index is 710. The minimum absolute atomic E-state index is 0.0649. The van der Waals surface area contributed by atoms with Crippen molar-refractivity contribution in [1.82, 2.24) is 9.78 Å². The van der Waals surface area contributed by atoms with Gasteiger partial charge in [-0.15, -0.1) is 0 Å². The molecule has 0 spiro atoms. The van der Waals surface area contributed by atoms with Gasteiger partial charge in [-0.05, 0) is 25.1 Å². The average Bonchev–Trinajstić information content (AvgIpc) is 2.81. The summed E-state index contributed by atoms with van der Waals surface area (Å²) in [4.78, 5) is 11.5. The van der Waals surface area contributed by atoms with Crippen LogP contribution in [0, 0.1) is 5.82 Å². The average molecular weight is 317 g/mol. The molecule has 0 aliphatic rings. The Morgan fingerprint density at radius 3 is 2.55 bits per heavy atom. The lowest BCUT2D eigenvalue weighted by Crippen LogP contribution is -2.10. The Balaban J connectivity index is 2.42. The fourth-order valence-corrected chi connectivity index (χ4v) is 1.75. The van der Waals surface area contributed by atoms with E-state index in [0.717, 1.165) is 12.1 Å². The van der Waals surface area contributed by atoms with Gasteiger partial charge in [0.05, 0.1) is 12.2 Å². The topological polar surface area (TPSA) is 70.1 Å². The first kappa shape index (κ1) is 15.8. The van der Waals surface area contributed by atoms with Gasteiger partial charge < -0.3 is 10.5 Å². The van der Waals surface area contributed by atoms with Crippen molar-refractivity contribution in [2.24, 2.45) is 0 Å². The lowest BCUT2D eigenvalue weighted by atomic mass is 10.2. The lowest BCUT2D eigenvalue weighted by Gasteiger charge is -2.07. The van der Waals surface area contributed by atoms with E-state index in [1.807, 2.05) is 0 Å². The fourth-order valence-electron chi connectivity index (χ4n) is 1.75. The molecule has 0 aliphatic heterocycles. The van der Waals surface area contributed by atoms with Crippen molar-refractivity contribution < 1.29 is 27.1 Å². The van der Waals surface area contributed by atoms with E-state index in [1.54, 1.807) is 6.92 Å². The third kappa shape index (κ3) is 3.02. The van der Waals surface area contributed by atoms with Gasteiger partial charge in [0.1, 0.15) is 17.3 Å². The molecule has 1 aromatic heterocycles. The number of hydrogen-bond donors (Lipinski definition) is 1. The standard InChI is InChI=1S/C13H11F4N3O2/c1-2-22-12(21)7-3-4-9(8(14)5-7)20-11(18)6-10(19-20)13(15,16)17/h3-6H,2,18H2,1H3. The van der Waals surface area contributed by atoms with E-state index < -0.39 is 23.7 Å². The van der Waals surface area contributed by atoms with E-state index >= 15 is 0 Å². The van der Waals surface area contributed by atoms with Crippen molar-refractivity contribution in [3.63, 3.8) is 0 Å². The first-order valence-corrected chi connectivity index (χ1v) is 6.13. The van der Waals surface area contributed by atoms with Crippen molar-refractivity contribution in [1.29, 1.82) is 0 Å². The van der Waals surface area contributed by atoms with Crippen molar-refractivity contribution in [3.05, 3.63) is 41.3 Å². The number of alkyl halides is 3. The maximum Gasteiger partial charge on any atom is 0.435 e. The summed E-state index contributed by atoms with van der Waals surface area (Å²) >= 11 is 0. The number of halogens is 4. The van der Waals surface area contributed by atoms with Gasteiger partial charge in [0.15, 0.2) is 5.69 Å². The summed E-state index contributed by atoms with van der Waals surface area (Å²) in [5.41, 5.74) is 3.82. The van der Waals surface area contributed by atoms with Crippen LogP contribution in [-0.2, 0) is 10.9 Å². The molecule has 2 N–H and O–H groups in total.